The quantitative estimate of drug-likeness (QED) is 0.711. The summed E-state index contributed by atoms with van der Waals surface area (Å²) in [5.41, 5.74) is 2.04. The van der Waals surface area contributed by atoms with Crippen molar-refractivity contribution in [1.29, 1.82) is 0 Å². The van der Waals surface area contributed by atoms with E-state index in [4.69, 9.17) is 0 Å². The van der Waals surface area contributed by atoms with Gasteiger partial charge in [0.15, 0.2) is 5.65 Å². The van der Waals surface area contributed by atoms with Gasteiger partial charge in [-0.1, -0.05) is 24.3 Å². The first kappa shape index (κ1) is 13.8. The molecule has 1 atom stereocenters. The second-order valence-electron chi connectivity index (χ2n) is 5.72. The van der Waals surface area contributed by atoms with Crippen molar-refractivity contribution in [2.75, 3.05) is 5.32 Å². The fourth-order valence-electron chi connectivity index (χ4n) is 3.22. The van der Waals surface area contributed by atoms with Crippen LogP contribution in [-0.4, -0.2) is 19.9 Å². The van der Waals surface area contributed by atoms with E-state index in [0.717, 1.165) is 19.3 Å². The normalized spacial score (nSPS) is 17.0. The average Bonchev–Trinajstić information content (AvgIpc) is 2.60. The Morgan fingerprint density at radius 1 is 1.22 bits per heavy atom. The minimum absolute atomic E-state index is 0.102. The van der Waals surface area contributed by atoms with Crippen molar-refractivity contribution < 1.29 is 5.21 Å². The molecule has 0 saturated heterocycles. The van der Waals surface area contributed by atoms with Crippen LogP contribution >= 0.6 is 0 Å². The van der Waals surface area contributed by atoms with Crippen LogP contribution in [0.3, 0.4) is 0 Å². The third-order valence-electron chi connectivity index (χ3n) is 4.31. The molecule has 0 aliphatic heterocycles. The molecule has 1 aromatic carbocycles. The lowest BCUT2D eigenvalue weighted by Gasteiger charge is -2.27. The molecule has 6 nitrogen and oxygen atoms in total. The largest absolute Gasteiger partial charge is 0.422 e. The Bertz CT molecular complexity index is 935. The summed E-state index contributed by atoms with van der Waals surface area (Å²) in [4.78, 5) is 19.9. The third-order valence-corrected chi connectivity index (χ3v) is 4.31. The number of aromatic nitrogens is 3. The summed E-state index contributed by atoms with van der Waals surface area (Å²) < 4.78 is 0.481. The summed E-state index contributed by atoms with van der Waals surface area (Å²) in [5, 5.41) is 13.8. The molecule has 0 saturated carbocycles. The molecule has 3 aromatic rings. The van der Waals surface area contributed by atoms with E-state index in [1.54, 1.807) is 12.1 Å². The van der Waals surface area contributed by atoms with Crippen molar-refractivity contribution >= 4 is 16.9 Å². The maximum Gasteiger partial charge on any atom is 0.384 e. The lowest BCUT2D eigenvalue weighted by atomic mass is 9.88. The molecule has 23 heavy (non-hydrogen) atoms. The van der Waals surface area contributed by atoms with Crippen LogP contribution in [0, 0.1) is 0 Å². The zero-order chi connectivity index (χ0) is 15.8. The molecule has 0 spiro atoms. The smallest absolute Gasteiger partial charge is 0.384 e. The zero-order valence-electron chi connectivity index (χ0n) is 12.4. The van der Waals surface area contributed by atoms with Crippen LogP contribution in [0.25, 0.3) is 11.0 Å². The molecule has 2 N–H and O–H groups in total. The van der Waals surface area contributed by atoms with E-state index < -0.39 is 5.69 Å². The van der Waals surface area contributed by atoms with E-state index in [9.17, 15) is 10.0 Å². The minimum atomic E-state index is -0.734. The molecule has 6 heteroatoms. The highest BCUT2D eigenvalue weighted by Crippen LogP contribution is 2.33. The molecule has 2 heterocycles. The first-order valence-corrected chi connectivity index (χ1v) is 7.65. The Hall–Kier alpha value is -2.89. The Morgan fingerprint density at radius 3 is 3.00 bits per heavy atom. The first-order chi connectivity index (χ1) is 11.2. The van der Waals surface area contributed by atoms with Crippen LogP contribution in [0.4, 0.5) is 5.82 Å². The number of pyridine rings is 1. The van der Waals surface area contributed by atoms with Crippen molar-refractivity contribution in [2.24, 2.45) is 0 Å². The van der Waals surface area contributed by atoms with Gasteiger partial charge in [0.1, 0.15) is 5.82 Å². The maximum absolute atomic E-state index is 11.9. The number of rotatable bonds is 2. The molecular weight excluding hydrogens is 292 g/mol. The zero-order valence-corrected chi connectivity index (χ0v) is 12.4. The highest BCUT2D eigenvalue weighted by molar-refractivity contribution is 5.86. The first-order valence-electron chi connectivity index (χ1n) is 7.65. The lowest BCUT2D eigenvalue weighted by Crippen LogP contribution is -2.25. The molecule has 1 unspecified atom stereocenters. The minimum Gasteiger partial charge on any atom is -0.422 e. The van der Waals surface area contributed by atoms with Crippen LogP contribution in [-0.2, 0) is 6.42 Å². The predicted octanol–water partition coefficient (Wildman–Crippen LogP) is 2.52. The van der Waals surface area contributed by atoms with Gasteiger partial charge in [0.25, 0.3) is 0 Å². The highest BCUT2D eigenvalue weighted by Gasteiger charge is 2.21. The molecule has 0 bridgehead atoms. The number of fused-ring (bicyclic) bond motifs is 2. The highest BCUT2D eigenvalue weighted by atomic mass is 16.5. The molecule has 0 fully saturated rings. The van der Waals surface area contributed by atoms with Crippen molar-refractivity contribution in [3.63, 3.8) is 0 Å². The van der Waals surface area contributed by atoms with E-state index >= 15 is 0 Å². The van der Waals surface area contributed by atoms with Gasteiger partial charge in [0.05, 0.1) is 11.4 Å². The molecule has 0 radical (unpaired) electrons. The maximum atomic E-state index is 11.9. The standard InChI is InChI=1S/C17H16N4O2/c22-17-20-15(13-8-4-10-18-16(13)21(17)23)19-14-9-3-6-11-5-1-2-7-12(11)14/h1-2,4-5,7-8,10,14,23H,3,6,9H2,(H,19,20,22). The topological polar surface area (TPSA) is 80.0 Å². The number of nitrogens with one attached hydrogen (secondary N) is 1. The van der Waals surface area contributed by atoms with Gasteiger partial charge in [-0.15, -0.1) is 4.73 Å². The Labute approximate surface area is 132 Å². The van der Waals surface area contributed by atoms with Gasteiger partial charge in [-0.3, -0.25) is 0 Å². The summed E-state index contributed by atoms with van der Waals surface area (Å²) in [5.74, 6) is 0.463. The second-order valence-corrected chi connectivity index (χ2v) is 5.72. The number of nitrogens with zero attached hydrogens (tertiary/aromatic N) is 3. The number of anilines is 1. The van der Waals surface area contributed by atoms with Gasteiger partial charge in [-0.2, -0.15) is 4.98 Å². The van der Waals surface area contributed by atoms with Gasteiger partial charge in [0, 0.05) is 6.20 Å². The number of benzene rings is 1. The van der Waals surface area contributed by atoms with Crippen LogP contribution in [0.1, 0.15) is 30.0 Å². The Kier molecular flexibility index (Phi) is 3.22. The van der Waals surface area contributed by atoms with E-state index in [1.807, 2.05) is 12.1 Å². The van der Waals surface area contributed by atoms with Crippen molar-refractivity contribution in [3.8, 4) is 0 Å². The monoisotopic (exact) mass is 308 g/mol. The molecular formula is C17H16N4O2. The van der Waals surface area contributed by atoms with Crippen molar-refractivity contribution in [2.45, 2.75) is 25.3 Å². The second kappa shape index (κ2) is 5.39. The van der Waals surface area contributed by atoms with Gasteiger partial charge in [0.2, 0.25) is 0 Å². The molecule has 1 aliphatic rings. The van der Waals surface area contributed by atoms with Crippen LogP contribution in [0.2, 0.25) is 0 Å². The van der Waals surface area contributed by atoms with Crippen LogP contribution < -0.4 is 11.0 Å². The van der Waals surface area contributed by atoms with E-state index in [-0.39, 0.29) is 11.7 Å². The SMILES string of the molecule is O=c1nc(NC2CCCc3ccccc32)c2cccnc2n1O. The molecule has 0 amide bonds. The summed E-state index contributed by atoms with van der Waals surface area (Å²) in [7, 11) is 0. The summed E-state index contributed by atoms with van der Waals surface area (Å²) >= 11 is 0. The summed E-state index contributed by atoms with van der Waals surface area (Å²) in [6, 6.07) is 12.0. The van der Waals surface area contributed by atoms with Crippen molar-refractivity contribution in [1.82, 2.24) is 14.7 Å². The Morgan fingerprint density at radius 2 is 2.09 bits per heavy atom. The van der Waals surface area contributed by atoms with Crippen LogP contribution in [0.15, 0.2) is 47.4 Å². The van der Waals surface area contributed by atoms with Gasteiger partial charge in [-0.05, 0) is 42.5 Å². The van der Waals surface area contributed by atoms with Crippen molar-refractivity contribution in [3.05, 3.63) is 64.2 Å². The van der Waals surface area contributed by atoms with E-state index in [1.165, 1.54) is 17.3 Å². The van der Waals surface area contributed by atoms with Gasteiger partial charge < -0.3 is 10.5 Å². The summed E-state index contributed by atoms with van der Waals surface area (Å²) in [6.07, 6.45) is 4.67. The molecule has 1 aliphatic carbocycles. The molecule has 2 aromatic heterocycles. The average molecular weight is 308 g/mol. The van der Waals surface area contributed by atoms with Gasteiger partial charge in [-0.25, -0.2) is 9.78 Å². The number of hydrogen-bond donors (Lipinski definition) is 2. The molecule has 4 rings (SSSR count). The molecule has 116 valence electrons. The van der Waals surface area contributed by atoms with E-state index in [2.05, 4.69) is 27.4 Å². The van der Waals surface area contributed by atoms with E-state index in [0.29, 0.717) is 15.9 Å². The third kappa shape index (κ3) is 2.32. The summed E-state index contributed by atoms with van der Waals surface area (Å²) in [6.45, 7) is 0. The Balaban J connectivity index is 1.80. The number of hydrogen-bond acceptors (Lipinski definition) is 5. The predicted molar refractivity (Wildman–Crippen MR) is 86.7 cm³/mol. The lowest BCUT2D eigenvalue weighted by molar-refractivity contribution is 0.182. The number of aryl methyl sites for hydroxylation is 1. The fraction of sp³-hybridized carbons (Fsp3) is 0.235. The fourth-order valence-corrected chi connectivity index (χ4v) is 3.22. The van der Waals surface area contributed by atoms with Crippen LogP contribution in [0.5, 0.6) is 0 Å². The van der Waals surface area contributed by atoms with Gasteiger partial charge >= 0.3 is 5.69 Å².